The fraction of sp³-hybridized carbons (Fsp3) is 0.588. The molecule has 24 heavy (non-hydrogen) atoms. The van der Waals surface area contributed by atoms with Crippen molar-refractivity contribution in [2.75, 3.05) is 31.1 Å². The van der Waals surface area contributed by atoms with Gasteiger partial charge in [-0.25, -0.2) is 8.42 Å². The third-order valence-electron chi connectivity index (χ3n) is 4.82. The van der Waals surface area contributed by atoms with Crippen LogP contribution >= 0.6 is 0 Å². The van der Waals surface area contributed by atoms with Crippen molar-refractivity contribution < 1.29 is 13.2 Å². The number of fused-ring (bicyclic) bond motifs is 1. The molecule has 1 aromatic carbocycles. The highest BCUT2D eigenvalue weighted by Gasteiger charge is 2.34. The van der Waals surface area contributed by atoms with Crippen LogP contribution in [0.15, 0.2) is 23.1 Å². The Labute approximate surface area is 143 Å². The maximum atomic E-state index is 13.2. The first kappa shape index (κ1) is 17.4. The SMILES string of the molecule is CCCN(C1CCNC1)S(=O)(=O)c1ccc2c(c1)N(C(C)=O)CC2. The Balaban J connectivity index is 1.97. The minimum Gasteiger partial charge on any atom is -0.315 e. The average molecular weight is 351 g/mol. The molecule has 1 amide bonds. The minimum absolute atomic E-state index is 0.00659. The van der Waals surface area contributed by atoms with Gasteiger partial charge in [0.2, 0.25) is 15.9 Å². The Bertz CT molecular complexity index is 727. The third-order valence-corrected chi connectivity index (χ3v) is 6.77. The van der Waals surface area contributed by atoms with E-state index in [9.17, 15) is 13.2 Å². The van der Waals surface area contributed by atoms with Gasteiger partial charge in [0.25, 0.3) is 0 Å². The number of hydrogen-bond acceptors (Lipinski definition) is 4. The standard InChI is InChI=1S/C17H25N3O3S/c1-3-9-20(15-6-8-18-12-15)24(22,23)16-5-4-14-7-10-19(13(2)21)17(14)11-16/h4-5,11,15,18H,3,6-10,12H2,1-2H3. The van der Waals surface area contributed by atoms with Crippen molar-refractivity contribution >= 4 is 21.6 Å². The molecule has 1 unspecified atom stereocenters. The molecular formula is C17H25N3O3S. The summed E-state index contributed by atoms with van der Waals surface area (Å²) in [6.07, 6.45) is 2.39. The number of rotatable bonds is 5. The largest absolute Gasteiger partial charge is 0.315 e. The third kappa shape index (κ3) is 3.08. The van der Waals surface area contributed by atoms with Crippen molar-refractivity contribution in [2.45, 2.75) is 44.0 Å². The molecule has 1 N–H and O–H groups in total. The lowest BCUT2D eigenvalue weighted by Gasteiger charge is -2.27. The summed E-state index contributed by atoms with van der Waals surface area (Å²) < 4.78 is 28.0. The number of benzene rings is 1. The number of carbonyl (C=O) groups is 1. The van der Waals surface area contributed by atoms with Gasteiger partial charge in [-0.2, -0.15) is 4.31 Å². The number of carbonyl (C=O) groups excluding carboxylic acids is 1. The zero-order valence-electron chi connectivity index (χ0n) is 14.3. The molecule has 2 aliphatic rings. The smallest absolute Gasteiger partial charge is 0.243 e. The Morgan fingerprint density at radius 3 is 2.83 bits per heavy atom. The highest BCUT2D eigenvalue weighted by atomic mass is 32.2. The quantitative estimate of drug-likeness (QED) is 0.870. The summed E-state index contributed by atoms with van der Waals surface area (Å²) in [7, 11) is -3.56. The van der Waals surface area contributed by atoms with E-state index in [2.05, 4.69) is 5.32 Å². The van der Waals surface area contributed by atoms with E-state index in [0.29, 0.717) is 19.6 Å². The molecule has 132 valence electrons. The first-order chi connectivity index (χ1) is 11.4. The van der Waals surface area contributed by atoms with Gasteiger partial charge in [0.05, 0.1) is 4.90 Å². The van der Waals surface area contributed by atoms with E-state index in [1.807, 2.05) is 13.0 Å². The van der Waals surface area contributed by atoms with Gasteiger partial charge in [0.15, 0.2) is 0 Å². The second-order valence-electron chi connectivity index (χ2n) is 6.47. The van der Waals surface area contributed by atoms with E-state index in [-0.39, 0.29) is 16.8 Å². The van der Waals surface area contributed by atoms with E-state index in [0.717, 1.165) is 37.1 Å². The lowest BCUT2D eigenvalue weighted by atomic mass is 10.2. The second kappa shape index (κ2) is 6.82. The first-order valence-electron chi connectivity index (χ1n) is 8.58. The molecule has 6 nitrogen and oxygen atoms in total. The maximum absolute atomic E-state index is 13.2. The fourth-order valence-electron chi connectivity index (χ4n) is 3.59. The topological polar surface area (TPSA) is 69.7 Å². The molecule has 0 radical (unpaired) electrons. The highest BCUT2D eigenvalue weighted by Crippen LogP contribution is 2.32. The molecule has 1 saturated heterocycles. The predicted molar refractivity (Wildman–Crippen MR) is 93.6 cm³/mol. The van der Waals surface area contributed by atoms with Crippen molar-refractivity contribution in [3.05, 3.63) is 23.8 Å². The number of nitrogens with zero attached hydrogens (tertiary/aromatic N) is 2. The molecule has 0 bridgehead atoms. The van der Waals surface area contributed by atoms with Gasteiger partial charge >= 0.3 is 0 Å². The van der Waals surface area contributed by atoms with Gasteiger partial charge in [-0.15, -0.1) is 0 Å². The van der Waals surface area contributed by atoms with Crippen molar-refractivity contribution in [3.8, 4) is 0 Å². The number of nitrogens with one attached hydrogen (secondary N) is 1. The van der Waals surface area contributed by atoms with Crippen LogP contribution in [0.5, 0.6) is 0 Å². The summed E-state index contributed by atoms with van der Waals surface area (Å²) in [5.41, 5.74) is 1.78. The fourth-order valence-corrected chi connectivity index (χ4v) is 5.35. The molecule has 0 aromatic heterocycles. The van der Waals surface area contributed by atoms with Crippen molar-refractivity contribution in [1.82, 2.24) is 9.62 Å². The summed E-state index contributed by atoms with van der Waals surface area (Å²) >= 11 is 0. The lowest BCUT2D eigenvalue weighted by molar-refractivity contribution is -0.116. The molecule has 7 heteroatoms. The number of amides is 1. The van der Waals surface area contributed by atoms with Crippen LogP contribution in [0.2, 0.25) is 0 Å². The average Bonchev–Trinajstić information content (AvgIpc) is 3.20. The zero-order valence-corrected chi connectivity index (χ0v) is 15.1. The summed E-state index contributed by atoms with van der Waals surface area (Å²) in [4.78, 5) is 13.7. The summed E-state index contributed by atoms with van der Waals surface area (Å²) in [5, 5.41) is 3.24. The molecule has 2 heterocycles. The van der Waals surface area contributed by atoms with Crippen LogP contribution in [0.3, 0.4) is 0 Å². The first-order valence-corrected chi connectivity index (χ1v) is 10.0. The van der Waals surface area contributed by atoms with Crippen molar-refractivity contribution in [2.24, 2.45) is 0 Å². The Morgan fingerprint density at radius 1 is 1.42 bits per heavy atom. The van der Waals surface area contributed by atoms with Crippen LogP contribution < -0.4 is 10.2 Å². The lowest BCUT2D eigenvalue weighted by Crippen LogP contribution is -2.42. The normalized spacial score (nSPS) is 20.6. The Kier molecular flexibility index (Phi) is 4.94. The van der Waals surface area contributed by atoms with Crippen molar-refractivity contribution in [1.29, 1.82) is 0 Å². The predicted octanol–water partition coefficient (Wildman–Crippen LogP) is 1.36. The Morgan fingerprint density at radius 2 is 2.21 bits per heavy atom. The second-order valence-corrected chi connectivity index (χ2v) is 8.36. The molecule has 1 atom stereocenters. The van der Waals surface area contributed by atoms with Gasteiger partial charge < -0.3 is 10.2 Å². The summed E-state index contributed by atoms with van der Waals surface area (Å²) in [6.45, 7) is 6.20. The molecule has 2 aliphatic heterocycles. The number of anilines is 1. The molecule has 0 spiro atoms. The van der Waals surface area contributed by atoms with Crippen LogP contribution in [0.4, 0.5) is 5.69 Å². The van der Waals surface area contributed by atoms with E-state index < -0.39 is 10.0 Å². The molecule has 0 saturated carbocycles. The van der Waals surface area contributed by atoms with Gasteiger partial charge in [-0.1, -0.05) is 13.0 Å². The van der Waals surface area contributed by atoms with Crippen LogP contribution in [-0.4, -0.2) is 50.9 Å². The zero-order chi connectivity index (χ0) is 17.3. The molecule has 1 aromatic rings. The minimum atomic E-state index is -3.56. The van der Waals surface area contributed by atoms with Gasteiger partial charge in [-0.3, -0.25) is 4.79 Å². The molecule has 0 aliphatic carbocycles. The van der Waals surface area contributed by atoms with E-state index in [1.165, 1.54) is 6.92 Å². The number of hydrogen-bond donors (Lipinski definition) is 1. The van der Waals surface area contributed by atoms with Gasteiger partial charge in [0, 0.05) is 38.3 Å². The van der Waals surface area contributed by atoms with E-state index in [1.54, 1.807) is 21.3 Å². The van der Waals surface area contributed by atoms with Crippen LogP contribution in [0, 0.1) is 0 Å². The van der Waals surface area contributed by atoms with Gasteiger partial charge in [-0.05, 0) is 43.5 Å². The Hall–Kier alpha value is -1.44. The molecule has 1 fully saturated rings. The highest BCUT2D eigenvalue weighted by molar-refractivity contribution is 7.89. The van der Waals surface area contributed by atoms with E-state index >= 15 is 0 Å². The van der Waals surface area contributed by atoms with Crippen LogP contribution in [-0.2, 0) is 21.2 Å². The van der Waals surface area contributed by atoms with Crippen LogP contribution in [0.1, 0.15) is 32.3 Å². The molecular weight excluding hydrogens is 326 g/mol. The summed E-state index contributed by atoms with van der Waals surface area (Å²) in [6, 6.07) is 5.21. The number of sulfonamides is 1. The molecule has 3 rings (SSSR count). The maximum Gasteiger partial charge on any atom is 0.243 e. The summed E-state index contributed by atoms with van der Waals surface area (Å²) in [5.74, 6) is -0.0475. The monoisotopic (exact) mass is 351 g/mol. The van der Waals surface area contributed by atoms with Crippen molar-refractivity contribution in [3.63, 3.8) is 0 Å². The van der Waals surface area contributed by atoms with Gasteiger partial charge in [0.1, 0.15) is 0 Å². The van der Waals surface area contributed by atoms with Crippen LogP contribution in [0.25, 0.3) is 0 Å². The van der Waals surface area contributed by atoms with E-state index in [4.69, 9.17) is 0 Å².